The molecule has 3 N–H and O–H groups in total. The molecule has 0 aliphatic heterocycles. The largest absolute Gasteiger partial charge is 0.352 e. The van der Waals surface area contributed by atoms with Crippen LogP contribution in [0.2, 0.25) is 0 Å². The van der Waals surface area contributed by atoms with Crippen molar-refractivity contribution in [3.8, 4) is 0 Å². The summed E-state index contributed by atoms with van der Waals surface area (Å²) in [4.78, 5) is 0.255. The number of rotatable bonds is 6. The molecule has 6 heteroatoms. The van der Waals surface area contributed by atoms with Gasteiger partial charge >= 0.3 is 0 Å². The average molecular weight is 307 g/mol. The number of hydrogen-bond acceptors (Lipinski definition) is 3. The van der Waals surface area contributed by atoms with E-state index in [9.17, 15) is 8.42 Å². The van der Waals surface area contributed by atoms with Crippen LogP contribution in [0.25, 0.3) is 0 Å². The van der Waals surface area contributed by atoms with Gasteiger partial charge in [-0.25, -0.2) is 13.1 Å². The zero-order valence-corrected chi connectivity index (χ0v) is 13.1. The van der Waals surface area contributed by atoms with Gasteiger partial charge in [0.1, 0.15) is 0 Å². The van der Waals surface area contributed by atoms with Crippen LogP contribution in [0.1, 0.15) is 18.2 Å². The van der Waals surface area contributed by atoms with Crippen LogP contribution in [0.4, 0.5) is 0 Å². The summed E-state index contributed by atoms with van der Waals surface area (Å²) in [6, 6.07) is 11.2. The molecule has 0 aliphatic rings. The van der Waals surface area contributed by atoms with E-state index >= 15 is 0 Å². The van der Waals surface area contributed by atoms with Crippen molar-refractivity contribution in [2.75, 3.05) is 0 Å². The Balaban J connectivity index is 2.09. The van der Waals surface area contributed by atoms with Crippen molar-refractivity contribution in [2.45, 2.75) is 30.8 Å². The van der Waals surface area contributed by atoms with E-state index < -0.39 is 10.0 Å². The van der Waals surface area contributed by atoms with Crippen molar-refractivity contribution < 1.29 is 8.42 Å². The van der Waals surface area contributed by atoms with Crippen LogP contribution in [0.15, 0.2) is 47.5 Å². The minimum absolute atomic E-state index is 0.182. The van der Waals surface area contributed by atoms with Crippen LogP contribution in [-0.4, -0.2) is 19.0 Å². The van der Waals surface area contributed by atoms with Gasteiger partial charge in [-0.05, 0) is 25.0 Å². The summed E-state index contributed by atoms with van der Waals surface area (Å²) < 4.78 is 29.1. The van der Waals surface area contributed by atoms with Gasteiger partial charge in [0.05, 0.1) is 4.90 Å². The van der Waals surface area contributed by atoms with Crippen LogP contribution >= 0.6 is 0 Å². The van der Waals surface area contributed by atoms with Crippen molar-refractivity contribution in [1.82, 2.24) is 9.29 Å². The van der Waals surface area contributed by atoms with Gasteiger partial charge in [0, 0.05) is 31.5 Å². The lowest BCUT2D eigenvalue weighted by molar-refractivity contribution is 0.559. The molecule has 0 amide bonds. The first-order chi connectivity index (χ1) is 9.92. The maximum absolute atomic E-state index is 12.3. The summed E-state index contributed by atoms with van der Waals surface area (Å²) >= 11 is 0. The molecule has 1 aromatic carbocycles. The second-order valence-electron chi connectivity index (χ2n) is 5.19. The number of nitrogens with zero attached hydrogens (tertiary/aromatic N) is 1. The second-order valence-corrected chi connectivity index (χ2v) is 6.91. The predicted molar refractivity (Wildman–Crippen MR) is 83.2 cm³/mol. The Bertz CT molecular complexity index is 693. The highest BCUT2D eigenvalue weighted by Crippen LogP contribution is 2.14. The van der Waals surface area contributed by atoms with Crippen LogP contribution < -0.4 is 10.5 Å². The lowest BCUT2D eigenvalue weighted by Gasteiger charge is -2.13. The highest BCUT2D eigenvalue weighted by Gasteiger charge is 2.19. The first-order valence-corrected chi connectivity index (χ1v) is 8.32. The Labute approximate surface area is 125 Å². The van der Waals surface area contributed by atoms with E-state index in [2.05, 4.69) is 4.72 Å². The standard InChI is InChI=1S/C15H21N3O2S/c1-12(8-13-6-4-3-5-7-13)17-21(19,20)15-9-14(10-16)18(2)11-15/h3-7,9,11-12,17H,8,10,16H2,1-2H3. The number of nitrogens with one attached hydrogen (secondary N) is 1. The summed E-state index contributed by atoms with van der Waals surface area (Å²) in [6.07, 6.45) is 2.23. The van der Waals surface area contributed by atoms with E-state index in [0.29, 0.717) is 13.0 Å². The Morgan fingerprint density at radius 3 is 2.52 bits per heavy atom. The van der Waals surface area contributed by atoms with E-state index in [1.165, 1.54) is 0 Å². The molecule has 0 fully saturated rings. The third-order valence-electron chi connectivity index (χ3n) is 3.34. The normalized spacial score (nSPS) is 13.3. The van der Waals surface area contributed by atoms with Crippen LogP contribution in [-0.2, 0) is 30.0 Å². The molecule has 1 aromatic heterocycles. The number of sulfonamides is 1. The van der Waals surface area contributed by atoms with E-state index in [0.717, 1.165) is 11.3 Å². The predicted octanol–water partition coefficient (Wildman–Crippen LogP) is 1.39. The molecule has 0 aliphatic carbocycles. The summed E-state index contributed by atoms with van der Waals surface area (Å²) in [5.74, 6) is 0. The van der Waals surface area contributed by atoms with Crippen molar-refractivity contribution in [1.29, 1.82) is 0 Å². The molecule has 2 aromatic rings. The molecule has 1 heterocycles. The van der Waals surface area contributed by atoms with Gasteiger partial charge in [-0.1, -0.05) is 30.3 Å². The van der Waals surface area contributed by atoms with E-state index in [1.54, 1.807) is 23.9 Å². The number of aromatic nitrogens is 1. The third kappa shape index (κ3) is 3.93. The molecular formula is C15H21N3O2S. The van der Waals surface area contributed by atoms with Gasteiger partial charge in [-0.15, -0.1) is 0 Å². The Morgan fingerprint density at radius 1 is 1.29 bits per heavy atom. The first kappa shape index (κ1) is 15.8. The SMILES string of the molecule is CC(Cc1ccccc1)NS(=O)(=O)c1cc(CN)n(C)c1. The van der Waals surface area contributed by atoms with Crippen LogP contribution in [0.5, 0.6) is 0 Å². The first-order valence-electron chi connectivity index (χ1n) is 6.84. The molecule has 5 nitrogen and oxygen atoms in total. The van der Waals surface area contributed by atoms with Crippen LogP contribution in [0.3, 0.4) is 0 Å². The molecule has 114 valence electrons. The Morgan fingerprint density at radius 2 is 1.95 bits per heavy atom. The minimum Gasteiger partial charge on any atom is -0.352 e. The smallest absolute Gasteiger partial charge is 0.242 e. The average Bonchev–Trinajstić information content (AvgIpc) is 2.81. The number of hydrogen-bond donors (Lipinski definition) is 2. The zero-order valence-electron chi connectivity index (χ0n) is 12.3. The van der Waals surface area contributed by atoms with Gasteiger partial charge in [0.2, 0.25) is 10.0 Å². The van der Waals surface area contributed by atoms with Crippen molar-refractivity contribution >= 4 is 10.0 Å². The summed E-state index contributed by atoms with van der Waals surface area (Å²) in [5, 5.41) is 0. The summed E-state index contributed by atoms with van der Waals surface area (Å²) in [5.41, 5.74) is 7.46. The van der Waals surface area contributed by atoms with Gasteiger partial charge in [0.15, 0.2) is 0 Å². The van der Waals surface area contributed by atoms with Crippen molar-refractivity contribution in [2.24, 2.45) is 12.8 Å². The highest BCUT2D eigenvalue weighted by atomic mass is 32.2. The molecule has 0 radical (unpaired) electrons. The van der Waals surface area contributed by atoms with E-state index in [4.69, 9.17) is 5.73 Å². The zero-order chi connectivity index (χ0) is 15.5. The van der Waals surface area contributed by atoms with Gasteiger partial charge in [0.25, 0.3) is 0 Å². The lowest BCUT2D eigenvalue weighted by atomic mass is 10.1. The third-order valence-corrected chi connectivity index (χ3v) is 4.90. The van der Waals surface area contributed by atoms with Gasteiger partial charge in [-0.3, -0.25) is 0 Å². The molecule has 21 heavy (non-hydrogen) atoms. The van der Waals surface area contributed by atoms with Gasteiger partial charge < -0.3 is 10.3 Å². The minimum atomic E-state index is -3.52. The summed E-state index contributed by atoms with van der Waals surface area (Å²) in [7, 11) is -1.73. The topological polar surface area (TPSA) is 77.1 Å². The molecule has 0 spiro atoms. The van der Waals surface area contributed by atoms with E-state index in [-0.39, 0.29) is 10.9 Å². The summed E-state index contributed by atoms with van der Waals surface area (Å²) in [6.45, 7) is 2.17. The fourth-order valence-corrected chi connectivity index (χ4v) is 3.61. The Hall–Kier alpha value is -1.63. The molecule has 0 saturated heterocycles. The molecule has 1 atom stereocenters. The van der Waals surface area contributed by atoms with Gasteiger partial charge in [-0.2, -0.15) is 0 Å². The van der Waals surface area contributed by atoms with Crippen LogP contribution in [0, 0.1) is 0 Å². The van der Waals surface area contributed by atoms with Crippen molar-refractivity contribution in [3.05, 3.63) is 53.9 Å². The lowest BCUT2D eigenvalue weighted by Crippen LogP contribution is -2.33. The fraction of sp³-hybridized carbons (Fsp3) is 0.333. The molecular weight excluding hydrogens is 286 g/mol. The highest BCUT2D eigenvalue weighted by molar-refractivity contribution is 7.89. The van der Waals surface area contributed by atoms with Crippen molar-refractivity contribution in [3.63, 3.8) is 0 Å². The number of nitrogens with two attached hydrogens (primary N) is 1. The molecule has 2 rings (SSSR count). The second kappa shape index (κ2) is 6.43. The maximum atomic E-state index is 12.3. The molecule has 1 unspecified atom stereocenters. The molecule has 0 saturated carbocycles. The van der Waals surface area contributed by atoms with E-state index in [1.807, 2.05) is 37.3 Å². The maximum Gasteiger partial charge on any atom is 0.242 e. The number of benzene rings is 1. The fourth-order valence-electron chi connectivity index (χ4n) is 2.27. The number of aryl methyl sites for hydroxylation is 1. The monoisotopic (exact) mass is 307 g/mol. The Kier molecular flexibility index (Phi) is 4.82. The quantitative estimate of drug-likeness (QED) is 0.846. The molecule has 0 bridgehead atoms.